The molecule has 1 saturated heterocycles. The molecule has 12 heavy (non-hydrogen) atoms. The summed E-state index contributed by atoms with van der Waals surface area (Å²) in [5.41, 5.74) is 0. The van der Waals surface area contributed by atoms with Crippen LogP contribution in [0, 0.1) is 0 Å². The van der Waals surface area contributed by atoms with Gasteiger partial charge in [-0.15, -0.1) is 0 Å². The molecule has 4 N–H and O–H groups in total. The summed E-state index contributed by atoms with van der Waals surface area (Å²) in [6.07, 6.45) is -4.27. The van der Waals surface area contributed by atoms with Crippen molar-refractivity contribution in [1.82, 2.24) is 0 Å². The molecule has 5 atom stereocenters. The van der Waals surface area contributed by atoms with Gasteiger partial charge in [-0.1, -0.05) is 0 Å². The fraction of sp³-hybridized carbons (Fsp3) is 1.00. The third-order valence-electron chi connectivity index (χ3n) is 1.89. The van der Waals surface area contributed by atoms with Crippen molar-refractivity contribution in [1.29, 1.82) is 0 Å². The van der Waals surface area contributed by atoms with Crippen LogP contribution in [0.1, 0.15) is 0 Å². The fourth-order valence-corrected chi connectivity index (χ4v) is 2.16. The van der Waals surface area contributed by atoms with Gasteiger partial charge in [-0.25, -0.2) is 0 Å². The van der Waals surface area contributed by atoms with Gasteiger partial charge in [-0.2, -0.15) is 0 Å². The Kier molecular flexibility index (Phi) is 3.74. The molecule has 3 radical (unpaired) electrons. The summed E-state index contributed by atoms with van der Waals surface area (Å²) in [6, 6.07) is 0. The average Bonchev–Trinajstić information content (AvgIpc) is 2.08. The molecular weight excluding hydrogens is 271 g/mol. The van der Waals surface area contributed by atoms with Gasteiger partial charge in [0.15, 0.2) is 0 Å². The van der Waals surface area contributed by atoms with Gasteiger partial charge in [-0.05, 0) is 0 Å². The molecule has 6 heteroatoms. The number of ether oxygens (including phenoxy) is 1. The molecule has 1 heterocycles. The maximum absolute atomic E-state index is 9.24. The van der Waals surface area contributed by atoms with E-state index in [1.165, 1.54) is 0 Å². The first-order valence-corrected chi connectivity index (χ1v) is 5.24. The van der Waals surface area contributed by atoms with E-state index >= 15 is 0 Å². The van der Waals surface area contributed by atoms with Crippen LogP contribution in [0.3, 0.4) is 0 Å². The van der Waals surface area contributed by atoms with Gasteiger partial charge >= 0.3 is 82.8 Å². The predicted octanol–water partition coefficient (Wildman–Crippen LogP) is -3.05. The van der Waals surface area contributed by atoms with Crippen LogP contribution in [0.25, 0.3) is 0 Å². The molecule has 5 nitrogen and oxygen atoms in total. The molecule has 0 aromatic heterocycles. The molecule has 0 spiro atoms. The SMILES string of the molecule is OC[C@H]1O[C@H]([Sn])[C@H](O)[C@@H](O)[C@@H]1O. The maximum atomic E-state index is 9.24. The van der Waals surface area contributed by atoms with Crippen molar-refractivity contribution in [3.8, 4) is 0 Å². The van der Waals surface area contributed by atoms with Gasteiger partial charge < -0.3 is 0 Å². The van der Waals surface area contributed by atoms with Crippen molar-refractivity contribution in [2.75, 3.05) is 6.61 Å². The van der Waals surface area contributed by atoms with Gasteiger partial charge in [0.2, 0.25) is 0 Å². The van der Waals surface area contributed by atoms with Gasteiger partial charge in [0.05, 0.1) is 0 Å². The summed E-state index contributed by atoms with van der Waals surface area (Å²) < 4.78 is 4.58. The van der Waals surface area contributed by atoms with E-state index in [2.05, 4.69) is 0 Å². The summed E-state index contributed by atoms with van der Waals surface area (Å²) >= 11 is 0.911. The number of rotatable bonds is 1. The first kappa shape index (κ1) is 10.7. The summed E-state index contributed by atoms with van der Waals surface area (Å²) in [5, 5.41) is 36.4. The average molecular weight is 282 g/mol. The van der Waals surface area contributed by atoms with Crippen molar-refractivity contribution in [3.05, 3.63) is 0 Å². The Balaban J connectivity index is 2.63. The number of aliphatic hydroxyl groups is 4. The van der Waals surface area contributed by atoms with Crippen molar-refractivity contribution in [2.45, 2.75) is 28.5 Å². The molecule has 0 aromatic carbocycles. The zero-order valence-corrected chi connectivity index (χ0v) is 9.15. The summed E-state index contributed by atoms with van der Waals surface area (Å²) in [7, 11) is 0. The molecule has 1 fully saturated rings. The van der Waals surface area contributed by atoms with E-state index in [0.29, 0.717) is 0 Å². The standard InChI is InChI=1S/C6H11O5.Sn/c7-1-4-6(10)5(9)3(8)2-11-4;/h2-10H,1H2;/t3-,4+,5+,6+;/m0./s1. The van der Waals surface area contributed by atoms with E-state index in [1.54, 1.807) is 0 Å². The van der Waals surface area contributed by atoms with Crippen LogP contribution in [-0.4, -0.2) is 78.1 Å². The second-order valence-corrected chi connectivity index (χ2v) is 4.37. The fourth-order valence-electron chi connectivity index (χ4n) is 1.10. The zero-order chi connectivity index (χ0) is 9.30. The van der Waals surface area contributed by atoms with E-state index in [1.807, 2.05) is 0 Å². The number of hydrogen-bond donors (Lipinski definition) is 4. The van der Waals surface area contributed by atoms with Crippen LogP contribution in [0.2, 0.25) is 0 Å². The van der Waals surface area contributed by atoms with Crippen molar-refractivity contribution >= 4 is 22.5 Å². The Hall–Kier alpha value is 0.599. The Labute approximate surface area is 83.1 Å². The molecule has 1 aliphatic rings. The van der Waals surface area contributed by atoms with Crippen LogP contribution in [0.5, 0.6) is 0 Å². The predicted molar refractivity (Wildman–Crippen MR) is 39.5 cm³/mol. The van der Waals surface area contributed by atoms with Gasteiger partial charge in [0.25, 0.3) is 0 Å². The van der Waals surface area contributed by atoms with Crippen molar-refractivity contribution < 1.29 is 25.2 Å². The third kappa shape index (κ3) is 1.91. The Morgan fingerprint density at radius 3 is 2.17 bits per heavy atom. The topological polar surface area (TPSA) is 90.2 Å². The molecular formula is C6H11O5Sn. The van der Waals surface area contributed by atoms with Crippen LogP contribution in [0.4, 0.5) is 0 Å². The van der Waals surface area contributed by atoms with Crippen molar-refractivity contribution in [3.63, 3.8) is 0 Å². The summed E-state index contributed by atoms with van der Waals surface area (Å²) in [6.45, 7) is -0.351. The van der Waals surface area contributed by atoms with E-state index in [0.717, 1.165) is 22.5 Å². The summed E-state index contributed by atoms with van der Waals surface area (Å²) in [4.78, 5) is 0. The second kappa shape index (κ2) is 4.21. The van der Waals surface area contributed by atoms with Gasteiger partial charge in [0, 0.05) is 0 Å². The Morgan fingerprint density at radius 1 is 1.08 bits per heavy atom. The van der Waals surface area contributed by atoms with Crippen LogP contribution in [-0.2, 0) is 4.74 Å². The molecule has 1 aliphatic heterocycles. The van der Waals surface area contributed by atoms with Crippen LogP contribution >= 0.6 is 0 Å². The van der Waals surface area contributed by atoms with Crippen molar-refractivity contribution in [2.24, 2.45) is 0 Å². The molecule has 0 unspecified atom stereocenters. The third-order valence-corrected chi connectivity index (χ3v) is 3.26. The monoisotopic (exact) mass is 283 g/mol. The van der Waals surface area contributed by atoms with Crippen LogP contribution in [0.15, 0.2) is 0 Å². The van der Waals surface area contributed by atoms with E-state index in [9.17, 15) is 15.3 Å². The van der Waals surface area contributed by atoms with Gasteiger partial charge in [0.1, 0.15) is 0 Å². The minimum absolute atomic E-state index is 0.351. The molecule has 69 valence electrons. The quantitative estimate of drug-likeness (QED) is 0.384. The zero-order valence-electron chi connectivity index (χ0n) is 6.29. The summed E-state index contributed by atoms with van der Waals surface area (Å²) in [5.74, 6) is 0. The number of aliphatic hydroxyl groups excluding tert-OH is 4. The second-order valence-electron chi connectivity index (χ2n) is 2.75. The minimum atomic E-state index is -1.22. The molecule has 1 rings (SSSR count). The first-order chi connectivity index (χ1) is 5.57. The molecule has 0 amide bonds. The van der Waals surface area contributed by atoms with Crippen LogP contribution < -0.4 is 0 Å². The van der Waals surface area contributed by atoms with E-state index in [-0.39, 0.29) is 6.61 Å². The Morgan fingerprint density at radius 2 is 1.67 bits per heavy atom. The Bertz CT molecular complexity index is 150. The molecule has 0 saturated carbocycles. The van der Waals surface area contributed by atoms with E-state index < -0.39 is 28.5 Å². The normalized spacial score (nSPS) is 49.2. The molecule has 0 aromatic rings. The van der Waals surface area contributed by atoms with E-state index in [4.69, 9.17) is 9.84 Å². The van der Waals surface area contributed by atoms with Gasteiger partial charge in [-0.3, -0.25) is 0 Å². The first-order valence-electron chi connectivity index (χ1n) is 3.59. The number of hydrogen-bond acceptors (Lipinski definition) is 5. The molecule has 0 aliphatic carbocycles. The molecule has 0 bridgehead atoms.